The lowest BCUT2D eigenvalue weighted by atomic mass is 9.86. The molecule has 3 saturated heterocycles. The zero-order chi connectivity index (χ0) is 13.7. The molecule has 0 aliphatic carbocycles. The molecule has 7 nitrogen and oxygen atoms in total. The van der Waals surface area contributed by atoms with Crippen molar-refractivity contribution >= 4 is 12.0 Å². The van der Waals surface area contributed by atoms with Gasteiger partial charge in [-0.1, -0.05) is 0 Å². The Morgan fingerprint density at radius 3 is 2.63 bits per heavy atom. The maximum absolute atomic E-state index is 12.1. The molecule has 0 aromatic carbocycles. The van der Waals surface area contributed by atoms with Crippen LogP contribution in [0.4, 0.5) is 4.79 Å². The number of fused-ring (bicyclic) bond motifs is 2. The van der Waals surface area contributed by atoms with Crippen molar-refractivity contribution in [3.05, 3.63) is 0 Å². The summed E-state index contributed by atoms with van der Waals surface area (Å²) in [6.07, 6.45) is -0.413. The first-order chi connectivity index (χ1) is 9.04. The van der Waals surface area contributed by atoms with E-state index >= 15 is 0 Å². The first kappa shape index (κ1) is 12.7. The molecular weight excluding hydrogens is 252 g/mol. The molecule has 19 heavy (non-hydrogen) atoms. The van der Waals surface area contributed by atoms with E-state index < -0.39 is 18.2 Å². The Morgan fingerprint density at radius 2 is 2.00 bits per heavy atom. The Balaban J connectivity index is 1.90. The maximum atomic E-state index is 12.1. The number of nitrogens with zero attached hydrogens (tertiary/aromatic N) is 2. The van der Waals surface area contributed by atoms with Crippen molar-refractivity contribution in [3.8, 4) is 0 Å². The molecule has 3 heterocycles. The van der Waals surface area contributed by atoms with Gasteiger partial charge in [0.1, 0.15) is 6.61 Å². The number of ether oxygens (including phenoxy) is 1. The van der Waals surface area contributed by atoms with Crippen molar-refractivity contribution in [2.24, 2.45) is 5.92 Å². The minimum atomic E-state index is -1.00. The topological polar surface area (TPSA) is 90.3 Å². The second kappa shape index (κ2) is 4.35. The van der Waals surface area contributed by atoms with E-state index in [0.717, 1.165) is 6.42 Å². The number of carboxylic acid groups (broad SMARTS) is 1. The second-order valence-electron chi connectivity index (χ2n) is 5.62. The van der Waals surface area contributed by atoms with Crippen LogP contribution in [-0.2, 0) is 9.53 Å². The SMILES string of the molecule is COCC(=O)N1CC2CC3C(O)C1C(C2)N3C(=O)O. The van der Waals surface area contributed by atoms with Gasteiger partial charge in [-0.2, -0.15) is 0 Å². The Kier molecular flexibility index (Phi) is 2.90. The third-order valence-corrected chi connectivity index (χ3v) is 4.63. The van der Waals surface area contributed by atoms with E-state index in [1.54, 1.807) is 4.90 Å². The van der Waals surface area contributed by atoms with E-state index in [2.05, 4.69) is 0 Å². The molecule has 3 rings (SSSR count). The molecule has 0 aromatic rings. The summed E-state index contributed by atoms with van der Waals surface area (Å²) in [5, 5.41) is 19.6. The molecule has 3 fully saturated rings. The molecule has 3 aliphatic heterocycles. The van der Waals surface area contributed by atoms with Gasteiger partial charge in [-0.15, -0.1) is 0 Å². The zero-order valence-electron chi connectivity index (χ0n) is 10.7. The predicted molar refractivity (Wildman–Crippen MR) is 63.5 cm³/mol. The number of amides is 2. The number of hydrogen-bond acceptors (Lipinski definition) is 4. The second-order valence-corrected chi connectivity index (χ2v) is 5.62. The summed E-state index contributed by atoms with van der Waals surface area (Å²) in [4.78, 5) is 26.3. The quantitative estimate of drug-likeness (QED) is 0.695. The molecule has 3 aliphatic rings. The van der Waals surface area contributed by atoms with Gasteiger partial charge in [-0.05, 0) is 18.8 Å². The van der Waals surface area contributed by atoms with Crippen molar-refractivity contribution in [1.82, 2.24) is 9.80 Å². The minimum Gasteiger partial charge on any atom is -0.465 e. The fourth-order valence-electron chi connectivity index (χ4n) is 4.01. The molecular formula is C12H18N2O5. The highest BCUT2D eigenvalue weighted by atomic mass is 16.5. The smallest absolute Gasteiger partial charge is 0.407 e. The molecule has 0 saturated carbocycles. The van der Waals surface area contributed by atoms with Crippen molar-refractivity contribution in [2.75, 3.05) is 20.3 Å². The lowest BCUT2D eigenvalue weighted by molar-refractivity contribution is -0.142. The van der Waals surface area contributed by atoms with E-state index in [1.807, 2.05) is 0 Å². The molecule has 7 heteroatoms. The summed E-state index contributed by atoms with van der Waals surface area (Å²) in [7, 11) is 1.45. The van der Waals surface area contributed by atoms with Crippen LogP contribution in [0.25, 0.3) is 0 Å². The molecule has 5 atom stereocenters. The van der Waals surface area contributed by atoms with Crippen LogP contribution >= 0.6 is 0 Å². The number of likely N-dealkylation sites (tertiary alicyclic amines) is 1. The molecule has 0 aromatic heterocycles. The number of aliphatic hydroxyl groups excluding tert-OH is 1. The fraction of sp³-hybridized carbons (Fsp3) is 0.833. The van der Waals surface area contributed by atoms with Gasteiger partial charge in [0, 0.05) is 13.7 Å². The number of methoxy groups -OCH3 is 1. The van der Waals surface area contributed by atoms with Crippen molar-refractivity contribution < 1.29 is 24.5 Å². The zero-order valence-corrected chi connectivity index (χ0v) is 10.7. The fourth-order valence-corrected chi connectivity index (χ4v) is 4.01. The number of aliphatic hydroxyl groups is 1. The standard InChI is InChI=1S/C12H18N2O5/c1-19-5-9(15)13-4-6-2-7-10(13)11(16)8(3-6)14(7)12(17)18/h6-8,10-11,16H,2-5H2,1H3,(H,17,18). The number of piperidine rings is 2. The van der Waals surface area contributed by atoms with Gasteiger partial charge >= 0.3 is 6.09 Å². The average Bonchev–Trinajstić information content (AvgIpc) is 2.47. The lowest BCUT2D eigenvalue weighted by Gasteiger charge is -2.45. The highest BCUT2D eigenvalue weighted by Crippen LogP contribution is 2.45. The van der Waals surface area contributed by atoms with Crippen LogP contribution in [0.3, 0.4) is 0 Å². The van der Waals surface area contributed by atoms with Crippen LogP contribution in [0, 0.1) is 5.92 Å². The van der Waals surface area contributed by atoms with E-state index in [-0.39, 0.29) is 30.5 Å². The number of carbonyl (C=O) groups excluding carboxylic acids is 1. The minimum absolute atomic E-state index is 0.0274. The first-order valence-electron chi connectivity index (χ1n) is 6.52. The third-order valence-electron chi connectivity index (χ3n) is 4.63. The summed E-state index contributed by atoms with van der Waals surface area (Å²) in [6.45, 7) is 0.574. The molecule has 2 N–H and O–H groups in total. The van der Waals surface area contributed by atoms with Gasteiger partial charge < -0.3 is 19.8 Å². The van der Waals surface area contributed by atoms with Gasteiger partial charge in [0.25, 0.3) is 0 Å². The number of hydrogen-bond donors (Lipinski definition) is 2. The highest BCUT2D eigenvalue weighted by Gasteiger charge is 2.60. The van der Waals surface area contributed by atoms with Gasteiger partial charge in [0.15, 0.2) is 0 Å². The summed E-state index contributed by atoms with van der Waals surface area (Å²) in [5.74, 6) is 0.106. The van der Waals surface area contributed by atoms with E-state index in [9.17, 15) is 19.8 Å². The van der Waals surface area contributed by atoms with Crippen LogP contribution in [0.15, 0.2) is 0 Å². The van der Waals surface area contributed by atoms with Gasteiger partial charge in [0.05, 0.1) is 24.2 Å². The van der Waals surface area contributed by atoms with Gasteiger partial charge in [-0.25, -0.2) is 4.79 Å². The summed E-state index contributed by atoms with van der Waals surface area (Å²) in [5.41, 5.74) is 0. The van der Waals surface area contributed by atoms with Gasteiger partial charge in [0.2, 0.25) is 5.91 Å². The third kappa shape index (κ3) is 1.72. The normalized spacial score (nSPS) is 39.8. The number of carbonyl (C=O) groups is 2. The van der Waals surface area contributed by atoms with Crippen molar-refractivity contribution in [1.29, 1.82) is 0 Å². The molecule has 0 radical (unpaired) electrons. The first-order valence-corrected chi connectivity index (χ1v) is 6.52. The molecule has 5 unspecified atom stereocenters. The van der Waals surface area contributed by atoms with E-state index in [0.29, 0.717) is 13.0 Å². The van der Waals surface area contributed by atoms with Crippen molar-refractivity contribution in [2.45, 2.75) is 37.1 Å². The Hall–Kier alpha value is -1.34. The molecule has 3 bridgehead atoms. The van der Waals surface area contributed by atoms with Crippen LogP contribution < -0.4 is 0 Å². The molecule has 106 valence electrons. The Bertz CT molecular complexity index is 415. The Labute approximate surface area is 110 Å². The molecule has 0 spiro atoms. The maximum Gasteiger partial charge on any atom is 0.407 e. The van der Waals surface area contributed by atoms with Crippen LogP contribution in [0.5, 0.6) is 0 Å². The Morgan fingerprint density at radius 1 is 1.32 bits per heavy atom. The highest BCUT2D eigenvalue weighted by molar-refractivity contribution is 5.79. The summed E-state index contributed by atoms with van der Waals surface area (Å²) < 4.78 is 4.86. The summed E-state index contributed by atoms with van der Waals surface area (Å²) >= 11 is 0. The van der Waals surface area contributed by atoms with Crippen LogP contribution in [0.2, 0.25) is 0 Å². The van der Waals surface area contributed by atoms with E-state index in [1.165, 1.54) is 12.0 Å². The monoisotopic (exact) mass is 270 g/mol. The lowest BCUT2D eigenvalue weighted by Crippen LogP contribution is -2.59. The van der Waals surface area contributed by atoms with Crippen LogP contribution in [-0.4, -0.2) is 76.5 Å². The summed E-state index contributed by atoms with van der Waals surface area (Å²) in [6, 6.07) is -1.06. The largest absolute Gasteiger partial charge is 0.465 e. The predicted octanol–water partition coefficient (Wildman–Crippen LogP) is -0.655. The average molecular weight is 270 g/mol. The number of rotatable bonds is 2. The van der Waals surface area contributed by atoms with Crippen molar-refractivity contribution in [3.63, 3.8) is 0 Å². The molecule has 2 amide bonds. The van der Waals surface area contributed by atoms with Crippen LogP contribution in [0.1, 0.15) is 12.8 Å². The van der Waals surface area contributed by atoms with Gasteiger partial charge in [-0.3, -0.25) is 9.69 Å². The van der Waals surface area contributed by atoms with E-state index in [4.69, 9.17) is 4.74 Å².